The molecule has 0 aromatic carbocycles. The van der Waals surface area contributed by atoms with Gasteiger partial charge >= 0.3 is 5.97 Å². The highest BCUT2D eigenvalue weighted by Crippen LogP contribution is 2.10. The fraction of sp³-hybridized carbons (Fsp3) is 0.583. The molecule has 21 heavy (non-hydrogen) atoms. The van der Waals surface area contributed by atoms with Gasteiger partial charge in [-0.2, -0.15) is 5.10 Å². The lowest BCUT2D eigenvalue weighted by Crippen LogP contribution is -2.15. The van der Waals surface area contributed by atoms with Crippen molar-refractivity contribution in [2.75, 3.05) is 20.8 Å². The summed E-state index contributed by atoms with van der Waals surface area (Å²) in [5.74, 6) is 0.238. The van der Waals surface area contributed by atoms with Crippen LogP contribution in [0.1, 0.15) is 28.9 Å². The second kappa shape index (κ2) is 6.93. The van der Waals surface area contributed by atoms with E-state index in [4.69, 9.17) is 9.47 Å². The Bertz CT molecular complexity index is 606. The predicted molar refractivity (Wildman–Crippen MR) is 71.7 cm³/mol. The maximum Gasteiger partial charge on any atom is 0.360 e. The van der Waals surface area contributed by atoms with Crippen LogP contribution < -0.4 is 0 Å². The molecule has 2 aromatic rings. The first-order chi connectivity index (χ1) is 10.2. The molecule has 114 valence electrons. The van der Waals surface area contributed by atoms with Crippen LogP contribution in [0.2, 0.25) is 0 Å². The van der Waals surface area contributed by atoms with E-state index >= 15 is 0 Å². The SMILES string of the molecule is CCn1ncnc1Cn1nnc(C(=O)OC)c1CCOC. The van der Waals surface area contributed by atoms with Crippen molar-refractivity contribution in [3.8, 4) is 0 Å². The maximum atomic E-state index is 11.7. The number of hydrogen-bond acceptors (Lipinski definition) is 7. The van der Waals surface area contributed by atoms with Crippen LogP contribution in [-0.2, 0) is 29.0 Å². The number of ether oxygens (including phenoxy) is 2. The number of rotatable bonds is 7. The number of aromatic nitrogens is 6. The Hall–Kier alpha value is -2.29. The number of esters is 1. The van der Waals surface area contributed by atoms with Crippen molar-refractivity contribution in [2.24, 2.45) is 0 Å². The van der Waals surface area contributed by atoms with Crippen molar-refractivity contribution >= 4 is 5.97 Å². The monoisotopic (exact) mass is 294 g/mol. The van der Waals surface area contributed by atoms with Crippen LogP contribution in [0, 0.1) is 0 Å². The number of hydrogen-bond donors (Lipinski definition) is 0. The van der Waals surface area contributed by atoms with Crippen LogP contribution in [0.15, 0.2) is 6.33 Å². The highest BCUT2D eigenvalue weighted by molar-refractivity contribution is 5.88. The first-order valence-electron chi connectivity index (χ1n) is 6.57. The molecule has 0 fully saturated rings. The molecule has 0 spiro atoms. The van der Waals surface area contributed by atoms with E-state index in [2.05, 4.69) is 20.4 Å². The summed E-state index contributed by atoms with van der Waals surface area (Å²) in [6.45, 7) is 3.53. The van der Waals surface area contributed by atoms with Crippen molar-refractivity contribution in [1.82, 2.24) is 29.8 Å². The number of methoxy groups -OCH3 is 2. The summed E-state index contributed by atoms with van der Waals surface area (Å²) in [5.41, 5.74) is 0.867. The van der Waals surface area contributed by atoms with E-state index < -0.39 is 5.97 Å². The third-order valence-electron chi connectivity index (χ3n) is 3.05. The summed E-state index contributed by atoms with van der Waals surface area (Å²) >= 11 is 0. The number of aryl methyl sites for hydroxylation is 1. The fourth-order valence-electron chi connectivity index (χ4n) is 1.97. The van der Waals surface area contributed by atoms with Crippen LogP contribution in [-0.4, -0.2) is 56.6 Å². The average molecular weight is 294 g/mol. The second-order valence-electron chi connectivity index (χ2n) is 4.27. The van der Waals surface area contributed by atoms with Gasteiger partial charge in [-0.1, -0.05) is 5.21 Å². The lowest BCUT2D eigenvalue weighted by atomic mass is 10.2. The minimum absolute atomic E-state index is 0.206. The minimum Gasteiger partial charge on any atom is -0.464 e. The van der Waals surface area contributed by atoms with Gasteiger partial charge in [-0.25, -0.2) is 19.1 Å². The molecule has 9 heteroatoms. The lowest BCUT2D eigenvalue weighted by Gasteiger charge is -2.07. The molecule has 0 unspecified atom stereocenters. The zero-order valence-electron chi connectivity index (χ0n) is 12.3. The molecule has 0 bridgehead atoms. The van der Waals surface area contributed by atoms with Gasteiger partial charge in [-0.05, 0) is 6.92 Å². The molecule has 0 atom stereocenters. The Labute approximate surface area is 121 Å². The van der Waals surface area contributed by atoms with Crippen molar-refractivity contribution in [2.45, 2.75) is 26.4 Å². The first kappa shape index (κ1) is 15.1. The van der Waals surface area contributed by atoms with Crippen LogP contribution in [0.5, 0.6) is 0 Å². The Morgan fingerprint density at radius 2 is 2.14 bits per heavy atom. The molecule has 9 nitrogen and oxygen atoms in total. The van der Waals surface area contributed by atoms with Crippen LogP contribution >= 0.6 is 0 Å². The Morgan fingerprint density at radius 1 is 1.33 bits per heavy atom. The molecule has 0 aliphatic rings. The molecule has 0 aliphatic heterocycles. The minimum atomic E-state index is -0.510. The van der Waals surface area contributed by atoms with Crippen LogP contribution in [0.3, 0.4) is 0 Å². The van der Waals surface area contributed by atoms with E-state index in [1.54, 1.807) is 16.5 Å². The molecule has 2 heterocycles. The second-order valence-corrected chi connectivity index (χ2v) is 4.27. The van der Waals surface area contributed by atoms with Gasteiger partial charge in [0.25, 0.3) is 0 Å². The summed E-state index contributed by atoms with van der Waals surface area (Å²) < 4.78 is 13.2. The van der Waals surface area contributed by atoms with E-state index in [-0.39, 0.29) is 5.69 Å². The van der Waals surface area contributed by atoms with E-state index in [9.17, 15) is 4.79 Å². The quantitative estimate of drug-likeness (QED) is 0.658. The molecule has 0 saturated heterocycles. The Balaban J connectivity index is 2.30. The van der Waals surface area contributed by atoms with Crippen LogP contribution in [0.25, 0.3) is 0 Å². The van der Waals surface area contributed by atoms with Gasteiger partial charge in [-0.3, -0.25) is 0 Å². The molecular formula is C12H18N6O3. The van der Waals surface area contributed by atoms with E-state index in [0.717, 1.165) is 5.82 Å². The summed E-state index contributed by atoms with van der Waals surface area (Å²) in [4.78, 5) is 15.9. The van der Waals surface area contributed by atoms with Gasteiger partial charge < -0.3 is 9.47 Å². The number of carbonyl (C=O) groups is 1. The smallest absolute Gasteiger partial charge is 0.360 e. The van der Waals surface area contributed by atoms with Gasteiger partial charge in [0.05, 0.1) is 19.4 Å². The van der Waals surface area contributed by atoms with E-state index in [1.807, 2.05) is 6.92 Å². The Kier molecular flexibility index (Phi) is 4.99. The van der Waals surface area contributed by atoms with Crippen molar-refractivity contribution in [3.63, 3.8) is 0 Å². The van der Waals surface area contributed by atoms with Gasteiger partial charge in [0.15, 0.2) is 5.69 Å². The largest absolute Gasteiger partial charge is 0.464 e. The lowest BCUT2D eigenvalue weighted by molar-refractivity contribution is 0.0592. The fourth-order valence-corrected chi connectivity index (χ4v) is 1.97. The molecule has 0 N–H and O–H groups in total. The van der Waals surface area contributed by atoms with Gasteiger partial charge in [0.2, 0.25) is 0 Å². The molecule has 2 rings (SSSR count). The third kappa shape index (κ3) is 3.24. The third-order valence-corrected chi connectivity index (χ3v) is 3.05. The summed E-state index contributed by atoms with van der Waals surface area (Å²) in [5, 5.41) is 12.0. The molecule has 0 aliphatic carbocycles. The molecular weight excluding hydrogens is 276 g/mol. The van der Waals surface area contributed by atoms with Gasteiger partial charge in [-0.15, -0.1) is 5.10 Å². The average Bonchev–Trinajstić information content (AvgIpc) is 3.11. The molecule has 0 saturated carbocycles. The van der Waals surface area contributed by atoms with Crippen molar-refractivity contribution in [3.05, 3.63) is 23.5 Å². The summed E-state index contributed by atoms with van der Waals surface area (Å²) in [6, 6.07) is 0. The number of nitrogens with zero attached hydrogens (tertiary/aromatic N) is 6. The van der Waals surface area contributed by atoms with Crippen molar-refractivity contribution in [1.29, 1.82) is 0 Å². The maximum absolute atomic E-state index is 11.7. The van der Waals surface area contributed by atoms with E-state index in [1.165, 1.54) is 13.4 Å². The Morgan fingerprint density at radius 3 is 2.81 bits per heavy atom. The highest BCUT2D eigenvalue weighted by Gasteiger charge is 2.21. The zero-order chi connectivity index (χ0) is 15.2. The molecule has 0 amide bonds. The molecule has 2 aromatic heterocycles. The first-order valence-corrected chi connectivity index (χ1v) is 6.57. The summed E-state index contributed by atoms with van der Waals surface area (Å²) in [6.07, 6.45) is 2.00. The summed E-state index contributed by atoms with van der Waals surface area (Å²) in [7, 11) is 2.91. The topological polar surface area (TPSA) is 97.0 Å². The number of carbonyl (C=O) groups excluding carboxylic acids is 1. The van der Waals surface area contributed by atoms with Gasteiger partial charge in [0, 0.05) is 20.1 Å². The standard InChI is InChI=1S/C12H18N6O3/c1-4-17-10(13-8-14-17)7-18-9(5-6-20-2)11(15-16-18)12(19)21-3/h8H,4-7H2,1-3H3. The van der Waals surface area contributed by atoms with Gasteiger partial charge in [0.1, 0.15) is 18.7 Å². The van der Waals surface area contributed by atoms with Crippen LogP contribution in [0.4, 0.5) is 0 Å². The molecule has 0 radical (unpaired) electrons. The zero-order valence-corrected chi connectivity index (χ0v) is 12.3. The van der Waals surface area contributed by atoms with E-state index in [0.29, 0.717) is 31.8 Å². The predicted octanol–water partition coefficient (Wildman–Crippen LogP) is -0.0867. The van der Waals surface area contributed by atoms with Crippen molar-refractivity contribution < 1.29 is 14.3 Å². The highest BCUT2D eigenvalue weighted by atomic mass is 16.5. The normalized spacial score (nSPS) is 10.8.